The fourth-order valence-corrected chi connectivity index (χ4v) is 2.72. The minimum Gasteiger partial charge on any atom is -0.384 e. The zero-order valence-electron chi connectivity index (χ0n) is 13.5. The largest absolute Gasteiger partial charge is 0.384 e. The molecule has 0 aliphatic carbocycles. The maximum absolute atomic E-state index is 12.6. The molecule has 21 heavy (non-hydrogen) atoms. The highest BCUT2D eigenvalue weighted by atomic mass is 16.5. The molecule has 0 aromatic heterocycles. The van der Waals surface area contributed by atoms with E-state index in [1.807, 2.05) is 12.1 Å². The van der Waals surface area contributed by atoms with Crippen LogP contribution in [-0.2, 0) is 14.9 Å². The number of carbonyl (C=O) groups excluding carboxylic acids is 1. The van der Waals surface area contributed by atoms with E-state index in [-0.39, 0.29) is 11.3 Å². The highest BCUT2D eigenvalue weighted by Crippen LogP contribution is 2.29. The molecule has 4 nitrogen and oxygen atoms in total. The first-order chi connectivity index (χ1) is 9.87. The van der Waals surface area contributed by atoms with Crippen molar-refractivity contribution in [1.29, 1.82) is 0 Å². The molecule has 4 heteroatoms. The third-order valence-electron chi connectivity index (χ3n) is 4.15. The maximum atomic E-state index is 12.6. The second kappa shape index (κ2) is 6.16. The molecule has 116 valence electrons. The molecule has 1 aliphatic rings. The van der Waals surface area contributed by atoms with Crippen LogP contribution in [0, 0.1) is 5.41 Å². The molecule has 1 heterocycles. The molecular weight excluding hydrogens is 264 g/mol. The average Bonchev–Trinajstić information content (AvgIpc) is 2.89. The van der Waals surface area contributed by atoms with Crippen LogP contribution in [0.5, 0.6) is 0 Å². The van der Waals surface area contributed by atoms with Gasteiger partial charge in [0.15, 0.2) is 0 Å². The van der Waals surface area contributed by atoms with Crippen molar-refractivity contribution < 1.29 is 9.53 Å². The molecule has 1 saturated heterocycles. The second-order valence-electron chi connectivity index (χ2n) is 6.92. The van der Waals surface area contributed by atoms with Gasteiger partial charge in [0.05, 0.1) is 12.0 Å². The number of rotatable bonds is 4. The highest BCUT2D eigenvalue weighted by molar-refractivity contribution is 5.96. The van der Waals surface area contributed by atoms with E-state index in [0.29, 0.717) is 13.2 Å². The summed E-state index contributed by atoms with van der Waals surface area (Å²) < 4.78 is 5.25. The Hall–Kier alpha value is -1.39. The van der Waals surface area contributed by atoms with Crippen molar-refractivity contribution >= 4 is 11.6 Å². The van der Waals surface area contributed by atoms with Crippen molar-refractivity contribution in [3.05, 3.63) is 29.8 Å². The molecule has 0 radical (unpaired) electrons. The van der Waals surface area contributed by atoms with Gasteiger partial charge in [-0.05, 0) is 36.1 Å². The van der Waals surface area contributed by atoms with Gasteiger partial charge >= 0.3 is 0 Å². The van der Waals surface area contributed by atoms with E-state index >= 15 is 0 Å². The Kier molecular flexibility index (Phi) is 4.69. The third kappa shape index (κ3) is 3.63. The van der Waals surface area contributed by atoms with E-state index in [9.17, 15) is 4.79 Å². The first kappa shape index (κ1) is 16.0. The molecule has 0 spiro atoms. The zero-order valence-corrected chi connectivity index (χ0v) is 13.5. The summed E-state index contributed by atoms with van der Waals surface area (Å²) in [6, 6.07) is 8.10. The van der Waals surface area contributed by atoms with Crippen molar-refractivity contribution in [3.63, 3.8) is 0 Å². The number of hydrogen-bond donors (Lipinski definition) is 2. The van der Waals surface area contributed by atoms with E-state index in [4.69, 9.17) is 4.74 Å². The first-order valence-electron chi connectivity index (χ1n) is 7.49. The number of nitrogens with one attached hydrogen (secondary N) is 2. The Morgan fingerprint density at radius 1 is 1.33 bits per heavy atom. The van der Waals surface area contributed by atoms with Crippen LogP contribution in [0.15, 0.2) is 24.3 Å². The van der Waals surface area contributed by atoms with Crippen LogP contribution in [0.4, 0.5) is 5.69 Å². The Morgan fingerprint density at radius 3 is 2.48 bits per heavy atom. The lowest BCUT2D eigenvalue weighted by molar-refractivity contribution is -0.127. The standard InChI is InChI=1S/C17H26N2O2/c1-16(2,3)13-5-7-14(8-6-13)19-15(20)17(12-21-4)9-10-18-11-17/h5-8,18H,9-12H2,1-4H3,(H,19,20). The Labute approximate surface area is 127 Å². The number of amides is 1. The van der Waals surface area contributed by atoms with Gasteiger partial charge in [-0.25, -0.2) is 0 Å². The first-order valence-corrected chi connectivity index (χ1v) is 7.49. The van der Waals surface area contributed by atoms with Crippen molar-refractivity contribution in [3.8, 4) is 0 Å². The maximum Gasteiger partial charge on any atom is 0.234 e. The van der Waals surface area contributed by atoms with Gasteiger partial charge in [-0.15, -0.1) is 0 Å². The van der Waals surface area contributed by atoms with E-state index < -0.39 is 5.41 Å². The van der Waals surface area contributed by atoms with Crippen molar-refractivity contribution in [2.75, 3.05) is 32.1 Å². The molecule has 1 amide bonds. The number of benzene rings is 1. The van der Waals surface area contributed by atoms with Gasteiger partial charge in [-0.3, -0.25) is 4.79 Å². The summed E-state index contributed by atoms with van der Waals surface area (Å²) >= 11 is 0. The Balaban J connectivity index is 2.08. The summed E-state index contributed by atoms with van der Waals surface area (Å²) in [4.78, 5) is 12.6. The Bertz CT molecular complexity index is 483. The van der Waals surface area contributed by atoms with Crippen molar-refractivity contribution in [2.24, 2.45) is 5.41 Å². The summed E-state index contributed by atoms with van der Waals surface area (Å²) in [5, 5.41) is 6.28. The minimum absolute atomic E-state index is 0.0397. The van der Waals surface area contributed by atoms with Crippen LogP contribution in [0.2, 0.25) is 0 Å². The molecular formula is C17H26N2O2. The van der Waals surface area contributed by atoms with Crippen molar-refractivity contribution in [1.82, 2.24) is 5.32 Å². The van der Waals surface area contributed by atoms with Crippen LogP contribution < -0.4 is 10.6 Å². The highest BCUT2D eigenvalue weighted by Gasteiger charge is 2.41. The monoisotopic (exact) mass is 290 g/mol. The Morgan fingerprint density at radius 2 is 2.00 bits per heavy atom. The lowest BCUT2D eigenvalue weighted by Crippen LogP contribution is -2.41. The van der Waals surface area contributed by atoms with Crippen molar-refractivity contribution in [2.45, 2.75) is 32.6 Å². The summed E-state index contributed by atoms with van der Waals surface area (Å²) in [5.74, 6) is 0.0397. The molecule has 1 unspecified atom stereocenters. The van der Waals surface area contributed by atoms with Gasteiger partial charge in [0.1, 0.15) is 0 Å². The van der Waals surface area contributed by atoms with Crippen LogP contribution >= 0.6 is 0 Å². The molecule has 1 aromatic carbocycles. The lowest BCUT2D eigenvalue weighted by Gasteiger charge is -2.26. The van der Waals surface area contributed by atoms with Crippen LogP contribution in [0.3, 0.4) is 0 Å². The third-order valence-corrected chi connectivity index (χ3v) is 4.15. The predicted octanol–water partition coefficient (Wildman–Crippen LogP) is 2.55. The summed E-state index contributed by atoms with van der Waals surface area (Å²) in [5.41, 5.74) is 1.78. The SMILES string of the molecule is COCC1(C(=O)Nc2ccc(C(C)(C)C)cc2)CCNC1. The second-order valence-corrected chi connectivity index (χ2v) is 6.92. The number of anilines is 1. The van der Waals surface area contributed by atoms with Crippen LogP contribution in [-0.4, -0.2) is 32.7 Å². The normalized spacial score (nSPS) is 22.3. The molecule has 1 fully saturated rings. The lowest BCUT2D eigenvalue weighted by atomic mass is 9.86. The fourth-order valence-electron chi connectivity index (χ4n) is 2.72. The molecule has 1 aromatic rings. The molecule has 1 aliphatic heterocycles. The number of ether oxygens (including phenoxy) is 1. The van der Waals surface area contributed by atoms with Crippen LogP contribution in [0.25, 0.3) is 0 Å². The smallest absolute Gasteiger partial charge is 0.234 e. The van der Waals surface area contributed by atoms with Gasteiger partial charge in [-0.1, -0.05) is 32.9 Å². The summed E-state index contributed by atoms with van der Waals surface area (Å²) in [6.07, 6.45) is 0.812. The fraction of sp³-hybridized carbons (Fsp3) is 0.588. The molecule has 1 atom stereocenters. The van der Waals surface area contributed by atoms with E-state index in [1.54, 1.807) is 7.11 Å². The molecule has 0 bridgehead atoms. The van der Waals surface area contributed by atoms with Gasteiger partial charge < -0.3 is 15.4 Å². The topological polar surface area (TPSA) is 50.4 Å². The molecule has 2 rings (SSSR count). The molecule has 2 N–H and O–H groups in total. The van der Waals surface area contributed by atoms with Gasteiger partial charge in [0.25, 0.3) is 0 Å². The van der Waals surface area contributed by atoms with E-state index in [2.05, 4.69) is 43.5 Å². The van der Waals surface area contributed by atoms with Gasteiger partial charge in [0, 0.05) is 19.3 Å². The minimum atomic E-state index is -0.447. The van der Waals surface area contributed by atoms with Gasteiger partial charge in [-0.2, -0.15) is 0 Å². The predicted molar refractivity (Wildman–Crippen MR) is 85.6 cm³/mol. The van der Waals surface area contributed by atoms with E-state index in [1.165, 1.54) is 5.56 Å². The number of carbonyl (C=O) groups is 1. The molecule has 0 saturated carbocycles. The average molecular weight is 290 g/mol. The number of methoxy groups -OCH3 is 1. The number of hydrogen-bond acceptors (Lipinski definition) is 3. The van der Waals surface area contributed by atoms with E-state index in [0.717, 1.165) is 18.7 Å². The zero-order chi connectivity index (χ0) is 15.5. The summed E-state index contributed by atoms with van der Waals surface area (Å²) in [6.45, 7) is 8.52. The quantitative estimate of drug-likeness (QED) is 0.896. The summed E-state index contributed by atoms with van der Waals surface area (Å²) in [7, 11) is 1.64. The van der Waals surface area contributed by atoms with Gasteiger partial charge in [0.2, 0.25) is 5.91 Å². The van der Waals surface area contributed by atoms with Crippen LogP contribution in [0.1, 0.15) is 32.8 Å².